The summed E-state index contributed by atoms with van der Waals surface area (Å²) in [6, 6.07) is -0.700. The van der Waals surface area contributed by atoms with Gasteiger partial charge in [-0.05, 0) is 64.2 Å². The monoisotopic (exact) mass is 774 g/mol. The number of amides is 1. The lowest BCUT2D eigenvalue weighted by Gasteiger charge is -2.24. The van der Waals surface area contributed by atoms with Crippen LogP contribution in [-0.2, 0) is 14.3 Å². The number of esters is 1. The quantitative estimate of drug-likeness (QED) is 0.0326. The van der Waals surface area contributed by atoms with E-state index in [1.165, 1.54) is 116 Å². The highest BCUT2D eigenvalue weighted by molar-refractivity contribution is 5.77. The zero-order chi connectivity index (χ0) is 40.3. The Morgan fingerprint density at radius 3 is 1.44 bits per heavy atom. The van der Waals surface area contributed by atoms with Gasteiger partial charge in [-0.25, -0.2) is 0 Å². The van der Waals surface area contributed by atoms with Gasteiger partial charge in [0.25, 0.3) is 0 Å². The second kappa shape index (κ2) is 43.2. The minimum atomic E-state index is -0.786. The number of rotatable bonds is 42. The van der Waals surface area contributed by atoms with Crippen molar-refractivity contribution < 1.29 is 24.5 Å². The minimum absolute atomic E-state index is 0.0709. The van der Waals surface area contributed by atoms with Crippen LogP contribution in [-0.4, -0.2) is 46.9 Å². The van der Waals surface area contributed by atoms with E-state index in [0.717, 1.165) is 77.0 Å². The van der Waals surface area contributed by atoms with Gasteiger partial charge in [-0.3, -0.25) is 9.59 Å². The molecule has 0 fully saturated rings. The van der Waals surface area contributed by atoms with Crippen molar-refractivity contribution in [3.8, 4) is 0 Å². The van der Waals surface area contributed by atoms with Gasteiger partial charge in [-0.15, -0.1) is 0 Å². The summed E-state index contributed by atoms with van der Waals surface area (Å²) >= 11 is 0. The number of allylic oxidation sites excluding steroid dienone is 6. The van der Waals surface area contributed by atoms with E-state index in [0.29, 0.717) is 19.3 Å². The molecule has 6 nitrogen and oxygen atoms in total. The van der Waals surface area contributed by atoms with Gasteiger partial charge in [0.05, 0.1) is 25.2 Å². The number of hydrogen-bond donors (Lipinski definition) is 3. The molecule has 0 saturated carbocycles. The molecule has 0 saturated heterocycles. The Morgan fingerprint density at radius 1 is 0.527 bits per heavy atom. The molecule has 0 rings (SSSR count). The SMILES string of the molecule is CCCCC/C=C\C/C=C\C/C=C\CCCCCCC(=O)OC(CCCCCCCCCCC)CC(=O)NC(CO)C(O)CCCCCCCCCCCC. The summed E-state index contributed by atoms with van der Waals surface area (Å²) in [5, 5.41) is 23.6. The molecule has 0 aromatic heterocycles. The van der Waals surface area contributed by atoms with E-state index in [-0.39, 0.29) is 24.9 Å². The molecule has 0 bridgehead atoms. The number of hydrogen-bond acceptors (Lipinski definition) is 5. The zero-order valence-electron chi connectivity index (χ0n) is 36.6. The van der Waals surface area contributed by atoms with E-state index in [1.54, 1.807) is 0 Å². The average Bonchev–Trinajstić information content (AvgIpc) is 3.18. The maximum atomic E-state index is 13.1. The summed E-state index contributed by atoms with van der Waals surface area (Å²) in [6.45, 7) is 6.42. The fourth-order valence-corrected chi connectivity index (χ4v) is 7.08. The van der Waals surface area contributed by atoms with Crippen molar-refractivity contribution in [1.82, 2.24) is 5.32 Å². The Balaban J connectivity index is 4.53. The maximum Gasteiger partial charge on any atom is 0.306 e. The van der Waals surface area contributed by atoms with Crippen molar-refractivity contribution in [2.75, 3.05) is 6.61 Å². The second-order valence-electron chi connectivity index (χ2n) is 16.2. The molecular formula is C49H91NO5. The van der Waals surface area contributed by atoms with Crippen molar-refractivity contribution in [3.05, 3.63) is 36.5 Å². The van der Waals surface area contributed by atoms with E-state index in [2.05, 4.69) is 62.5 Å². The Kier molecular flexibility index (Phi) is 41.7. The lowest BCUT2D eigenvalue weighted by atomic mass is 10.0. The number of carbonyl (C=O) groups excluding carboxylic acids is 2. The maximum absolute atomic E-state index is 13.1. The molecule has 0 spiro atoms. The van der Waals surface area contributed by atoms with Crippen LogP contribution in [0.5, 0.6) is 0 Å². The molecular weight excluding hydrogens is 683 g/mol. The Labute approximate surface area is 341 Å². The molecule has 0 radical (unpaired) electrons. The summed E-state index contributed by atoms with van der Waals surface area (Å²) in [6.07, 6.45) is 49.2. The van der Waals surface area contributed by atoms with Crippen LogP contribution in [0, 0.1) is 0 Å². The van der Waals surface area contributed by atoms with E-state index < -0.39 is 18.2 Å². The fraction of sp³-hybridized carbons (Fsp3) is 0.837. The van der Waals surface area contributed by atoms with E-state index in [4.69, 9.17) is 4.74 Å². The Hall–Kier alpha value is -1.92. The first-order chi connectivity index (χ1) is 27.0. The molecule has 0 aliphatic heterocycles. The first-order valence-electron chi connectivity index (χ1n) is 23.7. The molecule has 6 heteroatoms. The molecule has 3 unspecified atom stereocenters. The first-order valence-corrected chi connectivity index (χ1v) is 23.7. The normalized spacial score (nSPS) is 13.6. The third-order valence-corrected chi connectivity index (χ3v) is 10.7. The van der Waals surface area contributed by atoms with Gasteiger partial charge < -0.3 is 20.3 Å². The van der Waals surface area contributed by atoms with E-state index >= 15 is 0 Å². The van der Waals surface area contributed by atoms with Crippen LogP contribution in [0.2, 0.25) is 0 Å². The average molecular weight is 774 g/mol. The third kappa shape index (κ3) is 38.7. The first kappa shape index (κ1) is 53.1. The Morgan fingerprint density at radius 2 is 0.927 bits per heavy atom. The highest BCUT2D eigenvalue weighted by Crippen LogP contribution is 2.17. The van der Waals surface area contributed by atoms with Gasteiger partial charge in [0.1, 0.15) is 6.10 Å². The van der Waals surface area contributed by atoms with Crippen molar-refractivity contribution in [1.29, 1.82) is 0 Å². The summed E-state index contributed by atoms with van der Waals surface area (Å²) in [7, 11) is 0. The molecule has 3 N–H and O–H groups in total. The predicted molar refractivity (Wildman–Crippen MR) is 236 cm³/mol. The fourth-order valence-electron chi connectivity index (χ4n) is 7.08. The highest BCUT2D eigenvalue weighted by Gasteiger charge is 2.24. The lowest BCUT2D eigenvalue weighted by Crippen LogP contribution is -2.46. The van der Waals surface area contributed by atoms with Crippen molar-refractivity contribution >= 4 is 11.9 Å². The molecule has 0 heterocycles. The van der Waals surface area contributed by atoms with Crippen molar-refractivity contribution in [3.63, 3.8) is 0 Å². The van der Waals surface area contributed by atoms with Crippen molar-refractivity contribution in [2.45, 2.75) is 257 Å². The van der Waals surface area contributed by atoms with Gasteiger partial charge in [0.15, 0.2) is 0 Å². The molecule has 55 heavy (non-hydrogen) atoms. The molecule has 0 aromatic rings. The number of ether oxygens (including phenoxy) is 1. The van der Waals surface area contributed by atoms with Crippen LogP contribution < -0.4 is 5.32 Å². The summed E-state index contributed by atoms with van der Waals surface area (Å²) in [5.74, 6) is -0.496. The summed E-state index contributed by atoms with van der Waals surface area (Å²) in [5.41, 5.74) is 0. The number of carbonyl (C=O) groups is 2. The minimum Gasteiger partial charge on any atom is -0.462 e. The van der Waals surface area contributed by atoms with Gasteiger partial charge >= 0.3 is 5.97 Å². The third-order valence-electron chi connectivity index (χ3n) is 10.7. The van der Waals surface area contributed by atoms with Gasteiger partial charge in [-0.2, -0.15) is 0 Å². The molecule has 0 aliphatic carbocycles. The number of nitrogens with one attached hydrogen (secondary N) is 1. The summed E-state index contributed by atoms with van der Waals surface area (Å²) < 4.78 is 5.89. The Bertz CT molecular complexity index is 915. The standard InChI is InChI=1S/C49H91NO5/c1-4-7-10-13-16-19-21-22-23-24-25-26-27-30-33-36-39-42-49(54)55-45(40-37-34-31-28-18-15-12-9-6-3)43-48(53)50-46(44-51)47(52)41-38-35-32-29-20-17-14-11-8-5-2/h16,19,22-23,25-26,45-47,51-52H,4-15,17-18,20-21,24,27-44H2,1-3H3,(H,50,53)/b19-16-,23-22-,26-25-. The second-order valence-corrected chi connectivity index (χ2v) is 16.2. The zero-order valence-corrected chi connectivity index (χ0v) is 36.6. The van der Waals surface area contributed by atoms with Gasteiger partial charge in [0.2, 0.25) is 5.91 Å². The molecule has 3 atom stereocenters. The predicted octanol–water partition coefficient (Wildman–Crippen LogP) is 13.7. The topological polar surface area (TPSA) is 95.9 Å². The van der Waals surface area contributed by atoms with Crippen LogP contribution in [0.3, 0.4) is 0 Å². The van der Waals surface area contributed by atoms with E-state index in [1.807, 2.05) is 0 Å². The lowest BCUT2D eigenvalue weighted by molar-refractivity contribution is -0.151. The molecule has 1 amide bonds. The van der Waals surface area contributed by atoms with Gasteiger partial charge in [0, 0.05) is 6.42 Å². The van der Waals surface area contributed by atoms with Crippen LogP contribution >= 0.6 is 0 Å². The molecule has 0 aromatic carbocycles. The van der Waals surface area contributed by atoms with Crippen LogP contribution in [0.15, 0.2) is 36.5 Å². The van der Waals surface area contributed by atoms with Crippen LogP contribution in [0.4, 0.5) is 0 Å². The molecule has 0 aliphatic rings. The molecule has 322 valence electrons. The van der Waals surface area contributed by atoms with Crippen LogP contribution in [0.1, 0.15) is 239 Å². The highest BCUT2D eigenvalue weighted by atomic mass is 16.5. The summed E-state index contributed by atoms with van der Waals surface area (Å²) in [4.78, 5) is 26.0. The number of unbranched alkanes of at least 4 members (excludes halogenated alkanes) is 24. The van der Waals surface area contributed by atoms with Crippen molar-refractivity contribution in [2.24, 2.45) is 0 Å². The van der Waals surface area contributed by atoms with Gasteiger partial charge in [-0.1, -0.05) is 198 Å². The number of aliphatic hydroxyl groups excluding tert-OH is 2. The van der Waals surface area contributed by atoms with E-state index in [9.17, 15) is 19.8 Å². The largest absolute Gasteiger partial charge is 0.462 e. The van der Waals surface area contributed by atoms with Crippen LogP contribution in [0.25, 0.3) is 0 Å². The smallest absolute Gasteiger partial charge is 0.306 e. The number of aliphatic hydroxyl groups is 2.